The molecular formula is C19H25NO6S. The summed E-state index contributed by atoms with van der Waals surface area (Å²) in [5, 5.41) is -0.774. The smallest absolute Gasteiger partial charge is 0.309 e. The van der Waals surface area contributed by atoms with Gasteiger partial charge in [0.2, 0.25) is 5.91 Å². The summed E-state index contributed by atoms with van der Waals surface area (Å²) in [4.78, 5) is 27.3. The van der Waals surface area contributed by atoms with Crippen LogP contribution in [0.5, 0.6) is 0 Å². The monoisotopic (exact) mass is 395 g/mol. The fourth-order valence-electron chi connectivity index (χ4n) is 3.85. The Morgan fingerprint density at radius 1 is 1.11 bits per heavy atom. The van der Waals surface area contributed by atoms with Crippen LogP contribution in [0.3, 0.4) is 0 Å². The molecule has 3 unspecified atom stereocenters. The van der Waals surface area contributed by atoms with Crippen molar-refractivity contribution in [3.8, 4) is 0 Å². The van der Waals surface area contributed by atoms with E-state index in [0.717, 1.165) is 0 Å². The number of morpholine rings is 1. The quantitative estimate of drug-likeness (QED) is 0.698. The van der Waals surface area contributed by atoms with E-state index in [1.165, 1.54) is 0 Å². The molecule has 1 saturated carbocycles. The lowest BCUT2D eigenvalue weighted by Gasteiger charge is -2.30. The number of sulfone groups is 1. The predicted octanol–water partition coefficient (Wildman–Crippen LogP) is 1.28. The topological polar surface area (TPSA) is 90.0 Å². The third kappa shape index (κ3) is 4.16. The van der Waals surface area contributed by atoms with E-state index >= 15 is 0 Å². The number of benzene rings is 1. The molecule has 27 heavy (non-hydrogen) atoms. The zero-order valence-corrected chi connectivity index (χ0v) is 16.2. The molecule has 0 bridgehead atoms. The van der Waals surface area contributed by atoms with Crippen LogP contribution in [-0.4, -0.2) is 63.4 Å². The van der Waals surface area contributed by atoms with Crippen LogP contribution >= 0.6 is 0 Å². The predicted molar refractivity (Wildman–Crippen MR) is 97.7 cm³/mol. The Hall–Kier alpha value is -1.93. The number of amides is 1. The number of nitrogens with zero attached hydrogens (tertiary/aromatic N) is 1. The van der Waals surface area contributed by atoms with E-state index in [2.05, 4.69) is 0 Å². The minimum atomic E-state index is -3.62. The average molecular weight is 395 g/mol. The molecule has 0 aromatic heterocycles. The van der Waals surface area contributed by atoms with Gasteiger partial charge in [-0.2, -0.15) is 0 Å². The lowest BCUT2D eigenvalue weighted by molar-refractivity contribution is -0.154. The van der Waals surface area contributed by atoms with E-state index in [0.29, 0.717) is 26.3 Å². The van der Waals surface area contributed by atoms with Crippen LogP contribution in [0.4, 0.5) is 0 Å². The number of ether oxygens (including phenoxy) is 2. The van der Waals surface area contributed by atoms with Gasteiger partial charge < -0.3 is 14.4 Å². The molecule has 1 saturated heterocycles. The molecule has 1 heterocycles. The second kappa shape index (κ2) is 8.39. The molecule has 1 aromatic rings. The van der Waals surface area contributed by atoms with Crippen molar-refractivity contribution in [1.29, 1.82) is 0 Å². The van der Waals surface area contributed by atoms with Gasteiger partial charge in [-0.15, -0.1) is 0 Å². The third-order valence-electron chi connectivity index (χ3n) is 5.26. The van der Waals surface area contributed by atoms with Crippen molar-refractivity contribution >= 4 is 21.7 Å². The normalized spacial score (nSPS) is 26.0. The number of esters is 1. The van der Waals surface area contributed by atoms with Gasteiger partial charge in [0.1, 0.15) is 0 Å². The lowest BCUT2D eigenvalue weighted by atomic mass is 9.94. The van der Waals surface area contributed by atoms with Gasteiger partial charge >= 0.3 is 5.97 Å². The summed E-state index contributed by atoms with van der Waals surface area (Å²) in [6.45, 7) is 3.72. The second-order valence-corrected chi connectivity index (χ2v) is 9.08. The Bertz CT molecular complexity index is 773. The van der Waals surface area contributed by atoms with E-state index in [1.807, 2.05) is 0 Å². The van der Waals surface area contributed by atoms with Gasteiger partial charge in [0.25, 0.3) is 0 Å². The van der Waals surface area contributed by atoms with Crippen LogP contribution in [0.25, 0.3) is 0 Å². The van der Waals surface area contributed by atoms with Crippen molar-refractivity contribution in [2.45, 2.75) is 29.9 Å². The van der Waals surface area contributed by atoms with Gasteiger partial charge in [0.15, 0.2) is 9.84 Å². The van der Waals surface area contributed by atoms with Crippen molar-refractivity contribution in [3.63, 3.8) is 0 Å². The molecule has 2 fully saturated rings. The molecule has 148 valence electrons. The molecule has 8 heteroatoms. The first-order valence-corrected chi connectivity index (χ1v) is 10.8. The molecule has 2 aliphatic rings. The lowest BCUT2D eigenvalue weighted by Crippen LogP contribution is -2.45. The van der Waals surface area contributed by atoms with Gasteiger partial charge in [-0.25, -0.2) is 8.42 Å². The van der Waals surface area contributed by atoms with Crippen molar-refractivity contribution in [3.05, 3.63) is 30.3 Å². The molecule has 0 N–H and O–H groups in total. The summed E-state index contributed by atoms with van der Waals surface area (Å²) in [5.74, 6) is -2.08. The van der Waals surface area contributed by atoms with Crippen molar-refractivity contribution in [2.24, 2.45) is 11.8 Å². The zero-order chi connectivity index (χ0) is 19.4. The number of hydrogen-bond donors (Lipinski definition) is 0. The van der Waals surface area contributed by atoms with Gasteiger partial charge in [-0.3, -0.25) is 9.59 Å². The molecule has 0 spiro atoms. The molecule has 3 atom stereocenters. The van der Waals surface area contributed by atoms with E-state index in [-0.39, 0.29) is 30.3 Å². The first-order chi connectivity index (χ1) is 12.9. The molecule has 3 rings (SSSR count). The van der Waals surface area contributed by atoms with Gasteiger partial charge in [0.05, 0.1) is 41.8 Å². The van der Waals surface area contributed by atoms with Crippen molar-refractivity contribution < 1.29 is 27.5 Å². The Balaban J connectivity index is 1.85. The van der Waals surface area contributed by atoms with Crippen LogP contribution in [-0.2, 0) is 28.9 Å². The number of hydrogen-bond acceptors (Lipinski definition) is 6. The highest BCUT2D eigenvalue weighted by atomic mass is 32.2. The second-order valence-electron chi connectivity index (χ2n) is 6.85. The number of carbonyl (C=O) groups is 2. The zero-order valence-electron chi connectivity index (χ0n) is 15.4. The standard InChI is InChI=1S/C19H25NO6S/c1-2-26-19(22)17-13-15(27(23,24)14-6-4-3-5-7-14)12-16(17)18(21)20-8-10-25-11-9-20/h3-7,15-17H,2,8-13H2,1H3. The van der Waals surface area contributed by atoms with Crippen molar-refractivity contribution in [1.82, 2.24) is 4.90 Å². The van der Waals surface area contributed by atoms with Crippen LogP contribution in [0, 0.1) is 11.8 Å². The van der Waals surface area contributed by atoms with Gasteiger partial charge in [-0.05, 0) is 31.9 Å². The fourth-order valence-corrected chi connectivity index (χ4v) is 5.69. The van der Waals surface area contributed by atoms with Crippen LogP contribution in [0.2, 0.25) is 0 Å². The van der Waals surface area contributed by atoms with Crippen LogP contribution in [0.1, 0.15) is 19.8 Å². The first-order valence-electron chi connectivity index (χ1n) is 9.27. The number of carbonyl (C=O) groups excluding carboxylic acids is 2. The van der Waals surface area contributed by atoms with Crippen molar-refractivity contribution in [2.75, 3.05) is 32.9 Å². The molecule has 1 aliphatic carbocycles. The summed E-state index contributed by atoms with van der Waals surface area (Å²) in [5.41, 5.74) is 0. The maximum absolute atomic E-state index is 13.0. The summed E-state index contributed by atoms with van der Waals surface area (Å²) in [6.07, 6.45) is 0.244. The Kier molecular flexibility index (Phi) is 6.16. The maximum Gasteiger partial charge on any atom is 0.309 e. The average Bonchev–Trinajstić information content (AvgIpc) is 3.15. The summed E-state index contributed by atoms with van der Waals surface area (Å²) in [6, 6.07) is 8.18. The van der Waals surface area contributed by atoms with E-state index in [4.69, 9.17) is 9.47 Å². The molecule has 1 aliphatic heterocycles. The van der Waals surface area contributed by atoms with Gasteiger partial charge in [0, 0.05) is 13.1 Å². The minimum Gasteiger partial charge on any atom is -0.466 e. The summed E-state index contributed by atoms with van der Waals surface area (Å²) in [7, 11) is -3.62. The highest BCUT2D eigenvalue weighted by Gasteiger charge is 2.49. The fraction of sp³-hybridized carbons (Fsp3) is 0.579. The SMILES string of the molecule is CCOC(=O)C1CC(S(=O)(=O)c2ccccc2)CC1C(=O)N1CCOCC1. The molecular weight excluding hydrogens is 370 g/mol. The first kappa shape index (κ1) is 19.8. The number of rotatable bonds is 5. The Labute approximate surface area is 159 Å². The van der Waals surface area contributed by atoms with E-state index in [1.54, 1.807) is 42.2 Å². The molecule has 1 amide bonds. The molecule has 0 radical (unpaired) electrons. The maximum atomic E-state index is 13.0. The largest absolute Gasteiger partial charge is 0.466 e. The third-order valence-corrected chi connectivity index (χ3v) is 7.45. The van der Waals surface area contributed by atoms with E-state index in [9.17, 15) is 18.0 Å². The molecule has 7 nitrogen and oxygen atoms in total. The van der Waals surface area contributed by atoms with Crippen LogP contribution < -0.4 is 0 Å². The summed E-state index contributed by atoms with van der Waals surface area (Å²) < 4.78 is 36.4. The minimum absolute atomic E-state index is 0.108. The Morgan fingerprint density at radius 2 is 1.74 bits per heavy atom. The summed E-state index contributed by atoms with van der Waals surface area (Å²) >= 11 is 0. The Morgan fingerprint density at radius 3 is 2.37 bits per heavy atom. The highest BCUT2D eigenvalue weighted by Crippen LogP contribution is 2.40. The van der Waals surface area contributed by atoms with Crippen LogP contribution in [0.15, 0.2) is 35.2 Å². The van der Waals surface area contributed by atoms with Gasteiger partial charge in [-0.1, -0.05) is 18.2 Å². The van der Waals surface area contributed by atoms with E-state index < -0.39 is 32.9 Å². The molecule has 1 aromatic carbocycles. The highest BCUT2D eigenvalue weighted by molar-refractivity contribution is 7.92.